The van der Waals surface area contributed by atoms with Crippen molar-refractivity contribution in [3.05, 3.63) is 0 Å². The predicted molar refractivity (Wildman–Crippen MR) is 79.7 cm³/mol. The van der Waals surface area contributed by atoms with Crippen molar-refractivity contribution >= 4 is 6.09 Å². The van der Waals surface area contributed by atoms with E-state index in [2.05, 4.69) is 19.2 Å². The van der Waals surface area contributed by atoms with Crippen molar-refractivity contribution in [2.45, 2.75) is 84.5 Å². The summed E-state index contributed by atoms with van der Waals surface area (Å²) in [6.07, 6.45) is 1.16. The minimum atomic E-state index is -0.763. The van der Waals surface area contributed by atoms with Crippen LogP contribution >= 0.6 is 0 Å². The van der Waals surface area contributed by atoms with E-state index in [1.165, 1.54) is 0 Å². The number of hydrogen-bond donors (Lipinski definition) is 1. The number of carbonyl (C=O) groups is 1. The molecule has 1 aliphatic carbocycles. The molecule has 1 heterocycles. The molecular formula is C16H29NO4. The molecule has 2 fully saturated rings. The molecule has 0 aromatic rings. The van der Waals surface area contributed by atoms with E-state index in [9.17, 15) is 4.79 Å². The molecular weight excluding hydrogens is 270 g/mol. The van der Waals surface area contributed by atoms with Crippen molar-refractivity contribution in [2.75, 3.05) is 0 Å². The van der Waals surface area contributed by atoms with E-state index in [1.807, 2.05) is 34.6 Å². The number of amides is 1. The van der Waals surface area contributed by atoms with Crippen LogP contribution < -0.4 is 5.32 Å². The SMILES string of the molecule is CC(C)C1CCC2(NC(=O)OC(C)(C)C)OC(C)(C)OC12. The standard InChI is InChI=1S/C16H29NO4/c1-10(2)11-8-9-16(12(11)19-15(6,7)21-16)17-13(18)20-14(3,4)5/h10-12H,8-9H2,1-7H3,(H,17,18). The minimum absolute atomic E-state index is 0.125. The van der Waals surface area contributed by atoms with Crippen LogP contribution in [0.2, 0.25) is 0 Å². The zero-order chi connectivity index (χ0) is 16.1. The van der Waals surface area contributed by atoms with Crippen molar-refractivity contribution in [3.8, 4) is 0 Å². The molecule has 5 nitrogen and oxygen atoms in total. The molecule has 0 aromatic heterocycles. The molecule has 1 saturated heterocycles. The lowest BCUT2D eigenvalue weighted by Crippen LogP contribution is -2.55. The van der Waals surface area contributed by atoms with E-state index < -0.39 is 23.2 Å². The molecule has 1 amide bonds. The van der Waals surface area contributed by atoms with Crippen LogP contribution in [0.4, 0.5) is 4.79 Å². The number of hydrogen-bond acceptors (Lipinski definition) is 4. The molecule has 0 bridgehead atoms. The number of nitrogens with one attached hydrogen (secondary N) is 1. The Kier molecular flexibility index (Phi) is 4.04. The summed E-state index contributed by atoms with van der Waals surface area (Å²) in [6.45, 7) is 13.7. The molecule has 21 heavy (non-hydrogen) atoms. The summed E-state index contributed by atoms with van der Waals surface area (Å²) < 4.78 is 17.6. The monoisotopic (exact) mass is 299 g/mol. The third kappa shape index (κ3) is 3.51. The van der Waals surface area contributed by atoms with Crippen LogP contribution in [0.15, 0.2) is 0 Å². The third-order valence-electron chi connectivity index (χ3n) is 4.11. The van der Waals surface area contributed by atoms with Crippen molar-refractivity contribution in [1.82, 2.24) is 5.32 Å². The van der Waals surface area contributed by atoms with Gasteiger partial charge in [0.2, 0.25) is 0 Å². The molecule has 1 aliphatic heterocycles. The third-order valence-corrected chi connectivity index (χ3v) is 4.11. The van der Waals surface area contributed by atoms with Gasteiger partial charge in [0, 0.05) is 0 Å². The number of fused-ring (bicyclic) bond motifs is 1. The van der Waals surface area contributed by atoms with Gasteiger partial charge in [0.1, 0.15) is 11.7 Å². The molecule has 0 spiro atoms. The maximum atomic E-state index is 12.2. The van der Waals surface area contributed by atoms with Crippen molar-refractivity contribution in [1.29, 1.82) is 0 Å². The first-order valence-corrected chi connectivity index (χ1v) is 7.83. The average molecular weight is 299 g/mol. The Bertz CT molecular complexity index is 413. The highest BCUT2D eigenvalue weighted by Gasteiger charge is 2.61. The molecule has 1 N–H and O–H groups in total. The van der Waals surface area contributed by atoms with Crippen LogP contribution in [0.3, 0.4) is 0 Å². The Morgan fingerprint density at radius 3 is 2.48 bits per heavy atom. The normalized spacial score (nSPS) is 34.9. The fourth-order valence-electron chi connectivity index (χ4n) is 3.40. The smallest absolute Gasteiger partial charge is 0.409 e. The van der Waals surface area contributed by atoms with Gasteiger partial charge in [0.25, 0.3) is 0 Å². The highest BCUT2D eigenvalue weighted by Crippen LogP contribution is 2.49. The zero-order valence-corrected chi connectivity index (χ0v) is 14.3. The predicted octanol–water partition coefficient (Wildman–Crippen LogP) is 3.42. The average Bonchev–Trinajstić information content (AvgIpc) is 2.63. The first-order chi connectivity index (χ1) is 9.44. The summed E-state index contributed by atoms with van der Waals surface area (Å²) >= 11 is 0. The molecule has 3 atom stereocenters. The summed E-state index contributed by atoms with van der Waals surface area (Å²) in [4.78, 5) is 12.2. The molecule has 0 aromatic carbocycles. The second-order valence-electron chi connectivity index (χ2n) is 8.00. The van der Waals surface area contributed by atoms with Gasteiger partial charge in [-0.15, -0.1) is 0 Å². The van der Waals surface area contributed by atoms with Crippen LogP contribution in [0.5, 0.6) is 0 Å². The maximum Gasteiger partial charge on any atom is 0.409 e. The van der Waals surface area contributed by atoms with Gasteiger partial charge in [-0.05, 0) is 59.3 Å². The van der Waals surface area contributed by atoms with Crippen LogP contribution in [0, 0.1) is 11.8 Å². The molecule has 5 heteroatoms. The van der Waals surface area contributed by atoms with Crippen LogP contribution in [-0.4, -0.2) is 29.3 Å². The van der Waals surface area contributed by atoms with Gasteiger partial charge in [-0.1, -0.05) is 13.8 Å². The Labute approximate surface area is 127 Å². The maximum absolute atomic E-state index is 12.2. The fourth-order valence-corrected chi connectivity index (χ4v) is 3.40. The van der Waals surface area contributed by atoms with Crippen LogP contribution in [-0.2, 0) is 14.2 Å². The summed E-state index contributed by atoms with van der Waals surface area (Å²) in [5.74, 6) is 0.171. The van der Waals surface area contributed by atoms with Crippen LogP contribution in [0.25, 0.3) is 0 Å². The first-order valence-electron chi connectivity index (χ1n) is 7.83. The Hall–Kier alpha value is -0.810. The van der Waals surface area contributed by atoms with E-state index >= 15 is 0 Å². The van der Waals surface area contributed by atoms with E-state index in [1.54, 1.807) is 0 Å². The van der Waals surface area contributed by atoms with E-state index in [0.29, 0.717) is 11.8 Å². The van der Waals surface area contributed by atoms with Gasteiger partial charge in [-0.2, -0.15) is 0 Å². The number of rotatable bonds is 2. The van der Waals surface area contributed by atoms with E-state index in [-0.39, 0.29) is 6.10 Å². The number of alkyl carbamates (subject to hydrolysis) is 1. The molecule has 2 rings (SSSR count). The second kappa shape index (κ2) is 5.13. The minimum Gasteiger partial charge on any atom is -0.444 e. The van der Waals surface area contributed by atoms with Gasteiger partial charge < -0.3 is 14.2 Å². The fraction of sp³-hybridized carbons (Fsp3) is 0.938. The van der Waals surface area contributed by atoms with Crippen molar-refractivity contribution in [3.63, 3.8) is 0 Å². The Morgan fingerprint density at radius 2 is 1.95 bits per heavy atom. The van der Waals surface area contributed by atoms with Gasteiger partial charge in [-0.3, -0.25) is 5.32 Å². The van der Waals surface area contributed by atoms with Gasteiger partial charge in [0.05, 0.1) is 0 Å². The van der Waals surface area contributed by atoms with Crippen molar-refractivity contribution in [2.24, 2.45) is 11.8 Å². The molecule has 3 unspecified atom stereocenters. The topological polar surface area (TPSA) is 56.8 Å². The van der Waals surface area contributed by atoms with Gasteiger partial charge in [0.15, 0.2) is 11.5 Å². The molecule has 0 radical (unpaired) electrons. The van der Waals surface area contributed by atoms with Crippen molar-refractivity contribution < 1.29 is 19.0 Å². The Morgan fingerprint density at radius 1 is 1.33 bits per heavy atom. The highest BCUT2D eigenvalue weighted by molar-refractivity contribution is 5.68. The van der Waals surface area contributed by atoms with E-state index in [0.717, 1.165) is 12.8 Å². The molecule has 122 valence electrons. The summed E-state index contributed by atoms with van der Waals surface area (Å²) in [5.41, 5.74) is -1.29. The van der Waals surface area contributed by atoms with Gasteiger partial charge in [-0.25, -0.2) is 4.79 Å². The zero-order valence-electron chi connectivity index (χ0n) is 14.3. The first kappa shape index (κ1) is 16.6. The quantitative estimate of drug-likeness (QED) is 0.848. The number of carbonyl (C=O) groups excluding carboxylic acids is 1. The lowest BCUT2D eigenvalue weighted by molar-refractivity contribution is -0.176. The Balaban J connectivity index is 2.16. The van der Waals surface area contributed by atoms with E-state index in [4.69, 9.17) is 14.2 Å². The lowest BCUT2D eigenvalue weighted by Gasteiger charge is -2.31. The summed E-state index contributed by atoms with van der Waals surface area (Å²) in [6, 6.07) is 0. The largest absolute Gasteiger partial charge is 0.444 e. The molecule has 2 aliphatic rings. The van der Waals surface area contributed by atoms with Crippen LogP contribution in [0.1, 0.15) is 61.3 Å². The lowest BCUT2D eigenvalue weighted by atomic mass is 9.91. The van der Waals surface area contributed by atoms with Gasteiger partial charge >= 0.3 is 6.09 Å². The molecule has 1 saturated carbocycles. The number of ether oxygens (including phenoxy) is 3. The second-order valence-corrected chi connectivity index (χ2v) is 8.00. The highest BCUT2D eigenvalue weighted by atomic mass is 16.8. The summed E-state index contributed by atoms with van der Waals surface area (Å²) in [7, 11) is 0. The summed E-state index contributed by atoms with van der Waals surface area (Å²) in [5, 5.41) is 2.94.